The summed E-state index contributed by atoms with van der Waals surface area (Å²) in [5, 5.41) is 0. The number of esters is 2. The fourth-order valence-electron chi connectivity index (χ4n) is 7.15. The minimum absolute atomic E-state index is 0.0836. The molecule has 0 fully saturated rings. The van der Waals surface area contributed by atoms with Crippen molar-refractivity contribution in [1.29, 1.82) is 0 Å². The summed E-state index contributed by atoms with van der Waals surface area (Å²) in [5.41, 5.74) is 0. The van der Waals surface area contributed by atoms with E-state index in [1.165, 1.54) is 148 Å². The Bertz CT molecular complexity index is 966. The molecule has 0 radical (unpaired) electrons. The van der Waals surface area contributed by atoms with Crippen LogP contribution in [0.2, 0.25) is 0 Å². The van der Waals surface area contributed by atoms with Gasteiger partial charge >= 0.3 is 11.9 Å². The summed E-state index contributed by atoms with van der Waals surface area (Å²) in [6.07, 6.45) is 60.1. The Morgan fingerprint density at radius 3 is 1.24 bits per heavy atom. The maximum atomic E-state index is 12.6. The lowest BCUT2D eigenvalue weighted by molar-refractivity contribution is -0.163. The van der Waals surface area contributed by atoms with E-state index in [-0.39, 0.29) is 25.2 Å². The SMILES string of the molecule is CC/C=C\C/C=C\C/C=C\C/C=C\CCCCCCCCCOCC(COC(=O)CCCCCCCCCCCCCCCCCCC)OC(=O)CCCCCCC. The van der Waals surface area contributed by atoms with E-state index >= 15 is 0 Å². The van der Waals surface area contributed by atoms with Crippen LogP contribution in [0.4, 0.5) is 0 Å². The van der Waals surface area contributed by atoms with Crippen LogP contribution in [0.3, 0.4) is 0 Å². The number of hydrogen-bond donors (Lipinski definition) is 0. The van der Waals surface area contributed by atoms with Crippen molar-refractivity contribution < 1.29 is 23.8 Å². The van der Waals surface area contributed by atoms with E-state index in [1.54, 1.807) is 0 Å². The van der Waals surface area contributed by atoms with E-state index in [9.17, 15) is 9.59 Å². The number of rotatable bonds is 46. The first kappa shape index (κ1) is 55.9. The summed E-state index contributed by atoms with van der Waals surface area (Å²) >= 11 is 0. The maximum absolute atomic E-state index is 12.6. The molecule has 0 aromatic carbocycles. The zero-order chi connectivity index (χ0) is 42.1. The van der Waals surface area contributed by atoms with Crippen LogP contribution in [0.25, 0.3) is 0 Å². The molecule has 0 aromatic heterocycles. The summed E-state index contributed by atoms with van der Waals surface area (Å²) in [7, 11) is 0. The molecule has 0 saturated carbocycles. The number of ether oxygens (including phenoxy) is 3. The first-order valence-corrected chi connectivity index (χ1v) is 25.2. The lowest BCUT2D eigenvalue weighted by Gasteiger charge is -2.18. The highest BCUT2D eigenvalue weighted by molar-refractivity contribution is 5.70. The molecule has 338 valence electrons. The monoisotopic (exact) mass is 813 g/mol. The van der Waals surface area contributed by atoms with Crippen LogP contribution in [0.5, 0.6) is 0 Å². The molecule has 0 saturated heterocycles. The Balaban J connectivity index is 4.01. The van der Waals surface area contributed by atoms with Gasteiger partial charge in [-0.05, 0) is 57.8 Å². The molecule has 0 N–H and O–H groups in total. The predicted molar refractivity (Wildman–Crippen MR) is 251 cm³/mol. The maximum Gasteiger partial charge on any atom is 0.306 e. The zero-order valence-electron chi connectivity index (χ0n) is 38.8. The highest BCUT2D eigenvalue weighted by Crippen LogP contribution is 2.15. The molecular formula is C53H96O5. The van der Waals surface area contributed by atoms with Gasteiger partial charge in [-0.3, -0.25) is 9.59 Å². The number of unbranched alkanes of at least 4 members (excludes halogenated alkanes) is 27. The fourth-order valence-corrected chi connectivity index (χ4v) is 7.15. The van der Waals surface area contributed by atoms with Gasteiger partial charge in [0, 0.05) is 19.4 Å². The minimum Gasteiger partial charge on any atom is -0.462 e. The van der Waals surface area contributed by atoms with Crippen LogP contribution in [0, 0.1) is 0 Å². The van der Waals surface area contributed by atoms with Gasteiger partial charge in [0.25, 0.3) is 0 Å². The van der Waals surface area contributed by atoms with Gasteiger partial charge in [-0.1, -0.05) is 230 Å². The quantitative estimate of drug-likeness (QED) is 0.0348. The molecule has 1 atom stereocenters. The third-order valence-corrected chi connectivity index (χ3v) is 10.9. The van der Waals surface area contributed by atoms with Gasteiger partial charge in [0.1, 0.15) is 6.61 Å². The van der Waals surface area contributed by atoms with Crippen molar-refractivity contribution in [3.8, 4) is 0 Å². The summed E-state index contributed by atoms with van der Waals surface area (Å²) in [6, 6.07) is 0. The van der Waals surface area contributed by atoms with E-state index in [0.717, 1.165) is 70.6 Å². The summed E-state index contributed by atoms with van der Waals surface area (Å²) in [4.78, 5) is 25.1. The van der Waals surface area contributed by atoms with Crippen molar-refractivity contribution in [1.82, 2.24) is 0 Å². The number of allylic oxidation sites excluding steroid dienone is 8. The van der Waals surface area contributed by atoms with Crippen molar-refractivity contribution in [2.24, 2.45) is 0 Å². The van der Waals surface area contributed by atoms with Gasteiger partial charge in [0.05, 0.1) is 6.61 Å². The summed E-state index contributed by atoms with van der Waals surface area (Å²) in [6.45, 7) is 7.65. The van der Waals surface area contributed by atoms with Crippen LogP contribution < -0.4 is 0 Å². The molecule has 1 unspecified atom stereocenters. The normalized spacial score (nSPS) is 12.5. The highest BCUT2D eigenvalue weighted by atomic mass is 16.6. The molecule has 0 aliphatic carbocycles. The third kappa shape index (κ3) is 46.5. The van der Waals surface area contributed by atoms with Crippen LogP contribution >= 0.6 is 0 Å². The van der Waals surface area contributed by atoms with E-state index in [1.807, 2.05) is 0 Å². The van der Waals surface area contributed by atoms with Crippen molar-refractivity contribution in [3.05, 3.63) is 48.6 Å². The first-order chi connectivity index (χ1) is 28.6. The summed E-state index contributed by atoms with van der Waals surface area (Å²) < 4.78 is 17.3. The molecule has 0 heterocycles. The Hall–Kier alpha value is -2.14. The zero-order valence-corrected chi connectivity index (χ0v) is 38.8. The Labute approximate surface area is 361 Å². The average Bonchev–Trinajstić information content (AvgIpc) is 3.22. The topological polar surface area (TPSA) is 61.8 Å². The second-order valence-electron chi connectivity index (χ2n) is 16.7. The van der Waals surface area contributed by atoms with E-state index in [0.29, 0.717) is 19.4 Å². The molecule has 58 heavy (non-hydrogen) atoms. The van der Waals surface area contributed by atoms with Crippen molar-refractivity contribution in [2.45, 2.75) is 258 Å². The lowest BCUT2D eigenvalue weighted by atomic mass is 10.0. The van der Waals surface area contributed by atoms with Crippen LogP contribution in [0.15, 0.2) is 48.6 Å². The van der Waals surface area contributed by atoms with Crippen molar-refractivity contribution in [2.75, 3.05) is 19.8 Å². The number of hydrogen-bond acceptors (Lipinski definition) is 5. The Morgan fingerprint density at radius 1 is 0.397 bits per heavy atom. The second kappa shape index (κ2) is 49.2. The van der Waals surface area contributed by atoms with Gasteiger partial charge in [-0.2, -0.15) is 0 Å². The Morgan fingerprint density at radius 2 is 0.776 bits per heavy atom. The van der Waals surface area contributed by atoms with Crippen molar-refractivity contribution >= 4 is 11.9 Å². The second-order valence-corrected chi connectivity index (χ2v) is 16.7. The van der Waals surface area contributed by atoms with Crippen LogP contribution in [-0.4, -0.2) is 37.9 Å². The molecule has 0 aromatic rings. The lowest BCUT2D eigenvalue weighted by Crippen LogP contribution is -2.30. The standard InChI is InChI=1S/C53H96O5/c1-4-7-10-13-15-17-19-21-23-25-26-27-29-31-33-35-37-39-42-45-48-56-49-51(58-53(55)47-44-40-12-9-6-3)50-57-52(54)46-43-41-38-36-34-32-30-28-24-22-20-18-16-14-11-8-5-2/h7,10,15,17,21,23,26-27,51H,4-6,8-9,11-14,16,18-20,22,24-25,28-50H2,1-3H3/b10-7-,17-15-,23-21-,27-26-. The molecule has 0 amide bonds. The third-order valence-electron chi connectivity index (χ3n) is 10.9. The van der Waals surface area contributed by atoms with Gasteiger partial charge in [0.15, 0.2) is 6.10 Å². The molecule has 5 nitrogen and oxygen atoms in total. The first-order valence-electron chi connectivity index (χ1n) is 25.2. The van der Waals surface area contributed by atoms with E-state index in [2.05, 4.69) is 69.4 Å². The highest BCUT2D eigenvalue weighted by Gasteiger charge is 2.17. The largest absolute Gasteiger partial charge is 0.462 e. The van der Waals surface area contributed by atoms with Crippen LogP contribution in [0.1, 0.15) is 252 Å². The molecular weight excluding hydrogens is 717 g/mol. The average molecular weight is 813 g/mol. The number of carbonyl (C=O) groups excluding carboxylic acids is 2. The van der Waals surface area contributed by atoms with Gasteiger partial charge in [-0.25, -0.2) is 0 Å². The molecule has 0 rings (SSSR count). The molecule has 0 bridgehead atoms. The van der Waals surface area contributed by atoms with Gasteiger partial charge in [-0.15, -0.1) is 0 Å². The van der Waals surface area contributed by atoms with Crippen molar-refractivity contribution in [3.63, 3.8) is 0 Å². The Kier molecular flexibility index (Phi) is 47.4. The molecule has 0 aliphatic heterocycles. The fraction of sp³-hybridized carbons (Fsp3) is 0.811. The smallest absolute Gasteiger partial charge is 0.306 e. The van der Waals surface area contributed by atoms with E-state index in [4.69, 9.17) is 14.2 Å². The van der Waals surface area contributed by atoms with Crippen LogP contribution in [-0.2, 0) is 23.8 Å². The molecule has 5 heteroatoms. The van der Waals surface area contributed by atoms with E-state index < -0.39 is 6.10 Å². The molecule has 0 aliphatic rings. The minimum atomic E-state index is -0.534. The summed E-state index contributed by atoms with van der Waals surface area (Å²) in [5.74, 6) is -0.406. The van der Waals surface area contributed by atoms with Gasteiger partial charge in [0.2, 0.25) is 0 Å². The molecule has 0 spiro atoms. The van der Waals surface area contributed by atoms with Gasteiger partial charge < -0.3 is 14.2 Å². The predicted octanol–water partition coefficient (Wildman–Crippen LogP) is 16.8. The number of carbonyl (C=O) groups is 2.